The van der Waals surface area contributed by atoms with Gasteiger partial charge in [0.25, 0.3) is 5.91 Å². The highest BCUT2D eigenvalue weighted by atomic mass is 16.5. The first-order chi connectivity index (χ1) is 7.72. The summed E-state index contributed by atoms with van der Waals surface area (Å²) in [4.78, 5) is 14.1. The molecule has 1 aliphatic heterocycles. The number of ether oxygens (including phenoxy) is 1. The van der Waals surface area contributed by atoms with Crippen molar-refractivity contribution in [2.24, 2.45) is 0 Å². The van der Waals surface area contributed by atoms with Gasteiger partial charge in [0.05, 0.1) is 7.11 Å². The average Bonchev–Trinajstić information content (AvgIpc) is 2.74. The minimum absolute atomic E-state index is 0.115. The molecule has 1 heterocycles. The molecule has 1 aliphatic rings. The van der Waals surface area contributed by atoms with Crippen LogP contribution in [0.25, 0.3) is 0 Å². The summed E-state index contributed by atoms with van der Waals surface area (Å²) in [5.41, 5.74) is 0.716. The molecule has 1 fully saturated rings. The normalized spacial score (nSPS) is 19.9. The maximum Gasteiger partial charge on any atom is 0.254 e. The number of rotatable bonds is 2. The van der Waals surface area contributed by atoms with Gasteiger partial charge in [-0.3, -0.25) is 4.79 Å². The monoisotopic (exact) mass is 219 g/mol. The van der Waals surface area contributed by atoms with E-state index in [1.54, 1.807) is 13.2 Å². The van der Waals surface area contributed by atoms with Gasteiger partial charge >= 0.3 is 0 Å². The molecule has 16 heavy (non-hydrogen) atoms. The lowest BCUT2D eigenvalue weighted by Gasteiger charge is -2.21. The van der Waals surface area contributed by atoms with Gasteiger partial charge in [-0.15, -0.1) is 0 Å². The fourth-order valence-corrected chi connectivity index (χ4v) is 2.16. The van der Waals surface area contributed by atoms with Crippen molar-refractivity contribution in [2.75, 3.05) is 13.7 Å². The smallest absolute Gasteiger partial charge is 0.254 e. The molecule has 0 bridgehead atoms. The minimum Gasteiger partial charge on any atom is -0.497 e. The number of carbonyl (C=O) groups is 1. The van der Waals surface area contributed by atoms with Gasteiger partial charge in [-0.25, -0.2) is 0 Å². The van der Waals surface area contributed by atoms with Crippen LogP contribution in [0.3, 0.4) is 0 Å². The van der Waals surface area contributed by atoms with Crippen molar-refractivity contribution in [3.05, 3.63) is 29.8 Å². The molecule has 0 spiro atoms. The minimum atomic E-state index is 0.115. The van der Waals surface area contributed by atoms with Crippen LogP contribution in [0.4, 0.5) is 0 Å². The van der Waals surface area contributed by atoms with E-state index in [4.69, 9.17) is 4.74 Å². The van der Waals surface area contributed by atoms with Crippen LogP contribution in [0, 0.1) is 0 Å². The molecule has 1 aromatic carbocycles. The molecule has 1 saturated heterocycles. The SMILES string of the molecule is COc1cccc(C(=O)N2CCCC2C)c1. The summed E-state index contributed by atoms with van der Waals surface area (Å²) < 4.78 is 5.12. The van der Waals surface area contributed by atoms with Gasteiger partial charge in [-0.1, -0.05) is 6.07 Å². The predicted molar refractivity (Wildman–Crippen MR) is 62.7 cm³/mol. The third kappa shape index (κ3) is 2.03. The predicted octanol–water partition coefficient (Wildman–Crippen LogP) is 2.32. The fourth-order valence-electron chi connectivity index (χ4n) is 2.16. The Bertz CT molecular complexity index is 389. The summed E-state index contributed by atoms with van der Waals surface area (Å²) in [7, 11) is 1.61. The third-order valence-corrected chi connectivity index (χ3v) is 3.13. The van der Waals surface area contributed by atoms with Crippen molar-refractivity contribution in [2.45, 2.75) is 25.8 Å². The van der Waals surface area contributed by atoms with Gasteiger partial charge < -0.3 is 9.64 Å². The topological polar surface area (TPSA) is 29.5 Å². The van der Waals surface area contributed by atoms with Crippen LogP contribution in [0.15, 0.2) is 24.3 Å². The molecule has 1 amide bonds. The first-order valence-electron chi connectivity index (χ1n) is 5.67. The van der Waals surface area contributed by atoms with E-state index < -0.39 is 0 Å². The summed E-state index contributed by atoms with van der Waals surface area (Å²) >= 11 is 0. The Kier molecular flexibility index (Phi) is 3.13. The molecule has 0 saturated carbocycles. The molecule has 3 heteroatoms. The van der Waals surface area contributed by atoms with E-state index in [1.807, 2.05) is 23.1 Å². The molecule has 3 nitrogen and oxygen atoms in total. The van der Waals surface area contributed by atoms with Crippen LogP contribution >= 0.6 is 0 Å². The second kappa shape index (κ2) is 4.56. The highest BCUT2D eigenvalue weighted by Gasteiger charge is 2.25. The standard InChI is InChI=1S/C13H17NO2/c1-10-5-4-8-14(10)13(15)11-6-3-7-12(9-11)16-2/h3,6-7,9-10H,4-5,8H2,1-2H3. The number of benzene rings is 1. The van der Waals surface area contributed by atoms with Crippen LogP contribution in [0.2, 0.25) is 0 Å². The Morgan fingerprint density at radius 3 is 2.94 bits per heavy atom. The van der Waals surface area contributed by atoms with Crippen LogP contribution in [0.1, 0.15) is 30.1 Å². The Balaban J connectivity index is 2.19. The van der Waals surface area contributed by atoms with Gasteiger partial charge in [-0.05, 0) is 38.0 Å². The molecular weight excluding hydrogens is 202 g/mol. The molecule has 0 radical (unpaired) electrons. The molecule has 1 aromatic rings. The fraction of sp³-hybridized carbons (Fsp3) is 0.462. The van der Waals surface area contributed by atoms with Crippen LogP contribution in [-0.4, -0.2) is 30.5 Å². The molecule has 0 N–H and O–H groups in total. The first-order valence-corrected chi connectivity index (χ1v) is 5.67. The molecule has 1 unspecified atom stereocenters. The highest BCUT2D eigenvalue weighted by Crippen LogP contribution is 2.21. The number of likely N-dealkylation sites (tertiary alicyclic amines) is 1. The van der Waals surface area contributed by atoms with Crippen molar-refractivity contribution in [3.63, 3.8) is 0 Å². The maximum atomic E-state index is 12.2. The quantitative estimate of drug-likeness (QED) is 0.764. The Hall–Kier alpha value is -1.51. The van der Waals surface area contributed by atoms with Gasteiger partial charge in [0.1, 0.15) is 5.75 Å². The van der Waals surface area contributed by atoms with Crippen molar-refractivity contribution >= 4 is 5.91 Å². The lowest BCUT2D eigenvalue weighted by Crippen LogP contribution is -2.33. The number of hydrogen-bond donors (Lipinski definition) is 0. The molecule has 0 aliphatic carbocycles. The zero-order valence-corrected chi connectivity index (χ0v) is 9.77. The van der Waals surface area contributed by atoms with Crippen LogP contribution in [-0.2, 0) is 0 Å². The van der Waals surface area contributed by atoms with Crippen LogP contribution in [0.5, 0.6) is 5.75 Å². The number of hydrogen-bond acceptors (Lipinski definition) is 2. The first kappa shape index (κ1) is 11.0. The van der Waals surface area contributed by atoms with Gasteiger partial charge in [-0.2, -0.15) is 0 Å². The largest absolute Gasteiger partial charge is 0.497 e. The number of methoxy groups -OCH3 is 1. The van der Waals surface area contributed by atoms with E-state index in [1.165, 1.54) is 0 Å². The second-order valence-electron chi connectivity index (χ2n) is 4.22. The van der Waals surface area contributed by atoms with Gasteiger partial charge in [0.15, 0.2) is 0 Å². The van der Waals surface area contributed by atoms with E-state index in [-0.39, 0.29) is 5.91 Å². The average molecular weight is 219 g/mol. The third-order valence-electron chi connectivity index (χ3n) is 3.13. The molecular formula is C13H17NO2. The molecule has 0 aromatic heterocycles. The van der Waals surface area contributed by atoms with Crippen molar-refractivity contribution in [1.82, 2.24) is 4.90 Å². The molecule has 2 rings (SSSR count). The lowest BCUT2D eigenvalue weighted by atomic mass is 10.1. The molecule has 1 atom stereocenters. The Morgan fingerprint density at radius 1 is 1.50 bits per heavy atom. The number of nitrogens with zero attached hydrogens (tertiary/aromatic N) is 1. The van der Waals surface area contributed by atoms with Crippen molar-refractivity contribution < 1.29 is 9.53 Å². The van der Waals surface area contributed by atoms with E-state index in [0.29, 0.717) is 11.6 Å². The number of amides is 1. The van der Waals surface area contributed by atoms with E-state index in [0.717, 1.165) is 25.1 Å². The van der Waals surface area contributed by atoms with E-state index in [9.17, 15) is 4.79 Å². The number of carbonyl (C=O) groups excluding carboxylic acids is 1. The Labute approximate surface area is 96.0 Å². The van der Waals surface area contributed by atoms with Crippen molar-refractivity contribution in [1.29, 1.82) is 0 Å². The zero-order chi connectivity index (χ0) is 11.5. The maximum absolute atomic E-state index is 12.2. The zero-order valence-electron chi connectivity index (χ0n) is 9.77. The Morgan fingerprint density at radius 2 is 2.31 bits per heavy atom. The summed E-state index contributed by atoms with van der Waals surface area (Å²) in [6.07, 6.45) is 2.21. The summed E-state index contributed by atoms with van der Waals surface area (Å²) in [6.45, 7) is 2.97. The van der Waals surface area contributed by atoms with Gasteiger partial charge in [0, 0.05) is 18.2 Å². The van der Waals surface area contributed by atoms with Crippen molar-refractivity contribution in [3.8, 4) is 5.75 Å². The summed E-state index contributed by atoms with van der Waals surface area (Å²) in [6, 6.07) is 7.71. The lowest BCUT2D eigenvalue weighted by molar-refractivity contribution is 0.0747. The van der Waals surface area contributed by atoms with Gasteiger partial charge in [0.2, 0.25) is 0 Å². The summed E-state index contributed by atoms with van der Waals surface area (Å²) in [5.74, 6) is 0.849. The van der Waals surface area contributed by atoms with Crippen LogP contribution < -0.4 is 4.74 Å². The highest BCUT2D eigenvalue weighted by molar-refractivity contribution is 5.95. The van der Waals surface area contributed by atoms with E-state index in [2.05, 4.69) is 6.92 Å². The second-order valence-corrected chi connectivity index (χ2v) is 4.22. The van der Waals surface area contributed by atoms with E-state index >= 15 is 0 Å². The molecule has 86 valence electrons. The summed E-state index contributed by atoms with van der Waals surface area (Å²) in [5, 5.41) is 0.